The highest BCUT2D eigenvalue weighted by Crippen LogP contribution is 2.53. The molecular formula is C96H101Cl6F3N12O19S3. The molecule has 740 valence electrons. The number of nitrogens with one attached hydrogen (secondary N) is 5. The van der Waals surface area contributed by atoms with E-state index < -0.39 is 97.6 Å². The number of aromatic carboxylic acids is 1. The number of nitrogens with zero attached hydrogens (tertiary/aromatic N) is 6. The summed E-state index contributed by atoms with van der Waals surface area (Å²) in [6.07, 6.45) is 17.8. The highest BCUT2D eigenvalue weighted by molar-refractivity contribution is 7.92. The van der Waals surface area contributed by atoms with Crippen LogP contribution in [0.25, 0.3) is 33.8 Å². The number of carbonyl (C=O) groups excluding carboxylic acids is 5. The van der Waals surface area contributed by atoms with Crippen LogP contribution >= 0.6 is 69.6 Å². The SMILES string of the molecule is CC1(S(=O)(=O)NC(=O)c2ccc(NC(=O)N3C4CCC3CC(OCc3c(-c5c(Cl)cccc5Cl)noc3C3CC3)C4)c(F)c2)CC1.CC1(S(=O)(=O)NC(=O)c2ccc(NC(=O)N3C4CCC3CC(OCc3c(-c5c(Cl)cccc5Cl)noc3C3CC3)C4)c(F)c2)CC1.CC1(S(N)(=O)=O)CC1.O=C(O)c1ccc(NC(=O)N2C3CCC2CC(OCc2c(-c4c(Cl)cccc4Cl)noc2C2CC2)C3)c(F)c1. The fourth-order valence-electron chi connectivity index (χ4n) is 19.3. The van der Waals surface area contributed by atoms with Crippen LogP contribution < -0.4 is 30.5 Å². The van der Waals surface area contributed by atoms with Crippen molar-refractivity contribution in [1.29, 1.82) is 0 Å². The van der Waals surface area contributed by atoms with Gasteiger partial charge in [0, 0.05) is 98.5 Å². The number of halogens is 9. The first-order chi connectivity index (χ1) is 66.1. The quantitative estimate of drug-likeness (QED) is 0.0265. The van der Waals surface area contributed by atoms with Crippen molar-refractivity contribution in [2.75, 3.05) is 16.0 Å². The van der Waals surface area contributed by atoms with Gasteiger partial charge < -0.3 is 63.5 Å². The van der Waals surface area contributed by atoms with Gasteiger partial charge in [-0.1, -0.05) is 103 Å². The Hall–Kier alpha value is -9.61. The summed E-state index contributed by atoms with van der Waals surface area (Å²) in [7, 11) is -11.0. The first-order valence-corrected chi connectivity index (χ1v) is 53.1. The van der Waals surface area contributed by atoms with Crippen LogP contribution in [0.4, 0.5) is 44.6 Å². The molecule has 43 heteroatoms. The van der Waals surface area contributed by atoms with Crippen molar-refractivity contribution in [3.63, 3.8) is 0 Å². The molecule has 12 fully saturated rings. The van der Waals surface area contributed by atoms with Gasteiger partial charge in [-0.15, -0.1) is 0 Å². The number of carboxylic acids is 1. The predicted molar refractivity (Wildman–Crippen MR) is 513 cm³/mol. The molecule has 0 spiro atoms. The summed E-state index contributed by atoms with van der Waals surface area (Å²) in [6, 6.07) is 24.6. The van der Waals surface area contributed by atoms with E-state index in [0.29, 0.717) is 152 Å². The van der Waals surface area contributed by atoms with Gasteiger partial charge in [-0.05, 0) is 266 Å². The number of rotatable bonds is 26. The molecular weight excluding hydrogens is 1990 g/mol. The lowest BCUT2D eigenvalue weighted by Gasteiger charge is -2.38. The number of urea groups is 3. The minimum atomic E-state index is -3.87. The molecule has 12 aliphatic rings. The number of piperidine rings is 3. The first-order valence-electron chi connectivity index (χ1n) is 46.3. The number of carbonyl (C=O) groups is 6. The minimum absolute atomic E-state index is 0.0436. The molecule has 21 rings (SSSR count). The maximum atomic E-state index is 15.0. The van der Waals surface area contributed by atoms with Crippen molar-refractivity contribution in [1.82, 2.24) is 39.6 Å². The maximum absolute atomic E-state index is 15.0. The van der Waals surface area contributed by atoms with Crippen molar-refractivity contribution in [3.8, 4) is 33.8 Å². The number of primary sulfonamides is 1. The molecule has 6 unspecified atom stereocenters. The highest BCUT2D eigenvalue weighted by atomic mass is 35.5. The third-order valence-corrected chi connectivity index (χ3v) is 36.8. The van der Waals surface area contributed by atoms with Crippen LogP contribution in [0, 0.1) is 17.5 Å². The van der Waals surface area contributed by atoms with E-state index in [2.05, 4.69) is 31.4 Å². The van der Waals surface area contributed by atoms with Crippen LogP contribution in [0.2, 0.25) is 30.1 Å². The van der Waals surface area contributed by atoms with Gasteiger partial charge in [-0.25, -0.2) is 72.2 Å². The lowest BCUT2D eigenvalue weighted by Crippen LogP contribution is -2.50. The molecule has 6 saturated heterocycles. The molecule has 6 aliphatic heterocycles. The standard InChI is InChI=1S/2C32H33Cl2FN4O6S.C28H26Cl2FN3O5.C4H9NO2S/c2*1-32(11-12-32)46(42,43)38-30(40)18-7-10-26(25(35)13-18)36-31(41)39-19-8-9-20(39)15-21(14-19)44-16-22-28(37-45-29(22)17-5-6-17)27-23(33)3-2-4-24(27)34;29-20-2-1-3-21(30)24(20)25-19(26(39-33-25)14-4-5-14)13-38-18-11-16-7-8-17(12-18)34(16)28(37)32-23-9-6-15(27(35)36)10-22(23)31;1-4(2-3-4)8(5,6)7/h2*2-4,7,10,13,17,19-21H,5-6,8-9,11-12,14-16H2,1H3,(H,36,41)(H,38,40);1-3,6,9-10,14,16-18H,4-5,7-8,11-13H2,(H,32,37)(H,35,36);2-3H2,1H3,(H2,5,6,7). The average molecular weight is 2090 g/mol. The Kier molecular flexibility index (Phi) is 28.4. The molecule has 31 nitrogen and oxygen atoms in total. The summed E-state index contributed by atoms with van der Waals surface area (Å²) in [5, 5.41) is 37.7. The van der Waals surface area contributed by atoms with E-state index in [-0.39, 0.29) is 102 Å². The zero-order valence-electron chi connectivity index (χ0n) is 75.6. The van der Waals surface area contributed by atoms with Crippen molar-refractivity contribution < 1.29 is 100 Å². The number of benzene rings is 6. The largest absolute Gasteiger partial charge is 0.478 e. The van der Waals surface area contributed by atoms with Gasteiger partial charge in [0.1, 0.15) is 51.8 Å². The van der Waals surface area contributed by atoms with Crippen molar-refractivity contribution in [3.05, 3.63) is 207 Å². The Morgan fingerprint density at radius 1 is 0.403 bits per heavy atom. The van der Waals surface area contributed by atoms with E-state index in [9.17, 15) is 58.4 Å². The molecule has 3 aromatic heterocycles. The molecule has 9 aromatic rings. The third-order valence-electron chi connectivity index (χ3n) is 28.8. The summed E-state index contributed by atoms with van der Waals surface area (Å²) in [4.78, 5) is 81.2. The van der Waals surface area contributed by atoms with Crippen LogP contribution in [-0.2, 0) is 64.1 Å². The normalized spacial score (nSPS) is 23.1. The molecule has 6 aliphatic carbocycles. The molecule has 9 heterocycles. The van der Waals surface area contributed by atoms with Gasteiger partial charge in [0.15, 0.2) is 0 Å². The van der Waals surface area contributed by atoms with Gasteiger partial charge in [0.25, 0.3) is 11.8 Å². The second kappa shape index (κ2) is 39.6. The zero-order chi connectivity index (χ0) is 98.4. The number of nitrogens with two attached hydrogens (primary N) is 1. The van der Waals surface area contributed by atoms with Crippen LogP contribution in [-0.4, -0.2) is 165 Å². The van der Waals surface area contributed by atoms with E-state index in [0.717, 1.165) is 142 Å². The van der Waals surface area contributed by atoms with Gasteiger partial charge in [-0.3, -0.25) is 9.59 Å². The van der Waals surface area contributed by atoms with E-state index in [1.807, 2.05) is 9.44 Å². The number of anilines is 3. The molecule has 139 heavy (non-hydrogen) atoms. The summed E-state index contributed by atoms with van der Waals surface area (Å²) < 4.78 is 153. The molecule has 6 saturated carbocycles. The molecule has 6 bridgehead atoms. The van der Waals surface area contributed by atoms with Crippen molar-refractivity contribution >= 4 is 153 Å². The molecule has 8 amide bonds. The van der Waals surface area contributed by atoms with Crippen LogP contribution in [0.15, 0.2) is 123 Å². The third kappa shape index (κ3) is 21.4. The number of amides is 8. The van der Waals surface area contributed by atoms with E-state index in [4.69, 9.17) is 108 Å². The van der Waals surface area contributed by atoms with E-state index in [1.165, 1.54) is 36.4 Å². The van der Waals surface area contributed by atoms with E-state index >= 15 is 8.78 Å². The van der Waals surface area contributed by atoms with Crippen molar-refractivity contribution in [2.45, 2.75) is 281 Å². The number of ether oxygens (including phenoxy) is 3. The molecule has 8 N–H and O–H groups in total. The summed E-state index contributed by atoms with van der Waals surface area (Å²) in [5.74, 6) is -2.19. The lowest BCUT2D eigenvalue weighted by atomic mass is 9.99. The smallest absolute Gasteiger partial charge is 0.335 e. The minimum Gasteiger partial charge on any atom is -0.478 e. The summed E-state index contributed by atoms with van der Waals surface area (Å²) >= 11 is 38.9. The Balaban J connectivity index is 0.000000133. The van der Waals surface area contributed by atoms with E-state index in [1.54, 1.807) is 90.1 Å². The second-order valence-electron chi connectivity index (χ2n) is 38.8. The maximum Gasteiger partial charge on any atom is 0.335 e. The Morgan fingerprint density at radius 2 is 0.655 bits per heavy atom. The Bertz CT molecular complexity index is 6350. The first kappa shape index (κ1) is 99.5. The number of aromatic nitrogens is 3. The average Bonchev–Trinajstić information content (AvgIpc) is 1.46. The summed E-state index contributed by atoms with van der Waals surface area (Å²) in [5.41, 5.74) is 5.46. The predicted octanol–water partition coefficient (Wildman–Crippen LogP) is 21.0. The van der Waals surface area contributed by atoms with Crippen LogP contribution in [0.5, 0.6) is 0 Å². The van der Waals surface area contributed by atoms with Gasteiger partial charge >= 0.3 is 24.1 Å². The van der Waals surface area contributed by atoms with Crippen LogP contribution in [0.1, 0.15) is 258 Å². The Labute approximate surface area is 829 Å². The van der Waals surface area contributed by atoms with Gasteiger partial charge in [0.2, 0.25) is 30.1 Å². The topological polar surface area (TPSA) is 427 Å². The number of hydrogen-bond acceptors (Lipinski definition) is 21. The number of sulfonamides is 3. The molecule has 6 atom stereocenters. The fraction of sp³-hybridized carbons (Fsp3) is 0.469. The highest BCUT2D eigenvalue weighted by Gasteiger charge is 2.54. The second-order valence-corrected chi connectivity index (χ2v) is 47.7. The fourth-order valence-corrected chi connectivity index (χ4v) is 24.2. The van der Waals surface area contributed by atoms with Gasteiger partial charge in [-0.2, -0.15) is 0 Å². The molecule has 0 radical (unpaired) electrons. The number of hydrogen-bond donors (Lipinski definition) is 7. The van der Waals surface area contributed by atoms with Gasteiger partial charge in [0.05, 0.1) is 105 Å². The monoisotopic (exact) mass is 2090 g/mol. The number of fused-ring (bicyclic) bond motifs is 6. The van der Waals surface area contributed by atoms with Crippen LogP contribution in [0.3, 0.4) is 0 Å². The van der Waals surface area contributed by atoms with Crippen molar-refractivity contribution in [2.24, 2.45) is 5.14 Å². The zero-order valence-corrected chi connectivity index (χ0v) is 82.6. The Morgan fingerprint density at radius 3 is 0.878 bits per heavy atom. The lowest BCUT2D eigenvalue weighted by molar-refractivity contribution is -0.0161. The molecule has 6 aromatic carbocycles. The summed E-state index contributed by atoms with van der Waals surface area (Å²) in [6.45, 7) is 5.62. The number of carboxylic acid groups (broad SMARTS) is 1.